The maximum Gasteiger partial charge on any atom is 0.256 e. The van der Waals surface area contributed by atoms with E-state index in [0.29, 0.717) is 11.7 Å². The molecule has 1 fully saturated rings. The summed E-state index contributed by atoms with van der Waals surface area (Å²) < 4.78 is 0. The zero-order valence-electron chi connectivity index (χ0n) is 10.4. The number of anilines is 1. The van der Waals surface area contributed by atoms with Gasteiger partial charge in [-0.3, -0.25) is 4.79 Å². The van der Waals surface area contributed by atoms with E-state index in [1.54, 1.807) is 0 Å². The van der Waals surface area contributed by atoms with Crippen molar-refractivity contribution < 1.29 is 4.79 Å². The predicted molar refractivity (Wildman–Crippen MR) is 67.9 cm³/mol. The highest BCUT2D eigenvalue weighted by molar-refractivity contribution is 6.02. The second-order valence-electron chi connectivity index (χ2n) is 5.82. The summed E-state index contributed by atoms with van der Waals surface area (Å²) in [4.78, 5) is 14.5. The summed E-state index contributed by atoms with van der Waals surface area (Å²) in [5, 5.41) is 0. The Kier molecular flexibility index (Phi) is 2.03. The molecular formula is C14H18N2O. The molecule has 1 aromatic carbocycles. The normalized spacial score (nSPS) is 22.5. The van der Waals surface area contributed by atoms with Gasteiger partial charge in [0.2, 0.25) is 0 Å². The van der Waals surface area contributed by atoms with E-state index in [-0.39, 0.29) is 11.3 Å². The van der Waals surface area contributed by atoms with Crippen molar-refractivity contribution in [1.82, 2.24) is 4.90 Å². The van der Waals surface area contributed by atoms with Crippen LogP contribution < -0.4 is 5.73 Å². The summed E-state index contributed by atoms with van der Waals surface area (Å²) in [5.74, 6) is 0.125. The van der Waals surface area contributed by atoms with Crippen LogP contribution in [0.5, 0.6) is 0 Å². The number of nitrogens with zero attached hydrogens (tertiary/aromatic N) is 1. The molecule has 0 atom stereocenters. The first-order valence-corrected chi connectivity index (χ1v) is 6.20. The second-order valence-corrected chi connectivity index (χ2v) is 5.82. The SMILES string of the molecule is CC1(C)CN(C2CC2)C(=O)c2c(N)cccc21. The number of benzene rings is 1. The van der Waals surface area contributed by atoms with Crippen molar-refractivity contribution in [3.8, 4) is 0 Å². The van der Waals surface area contributed by atoms with Crippen molar-refractivity contribution in [3.05, 3.63) is 29.3 Å². The van der Waals surface area contributed by atoms with E-state index >= 15 is 0 Å². The van der Waals surface area contributed by atoms with Crippen LogP contribution in [0.15, 0.2) is 18.2 Å². The summed E-state index contributed by atoms with van der Waals surface area (Å²) in [6.07, 6.45) is 2.29. The van der Waals surface area contributed by atoms with Gasteiger partial charge in [0.05, 0.1) is 5.56 Å². The summed E-state index contributed by atoms with van der Waals surface area (Å²) >= 11 is 0. The Morgan fingerprint density at radius 1 is 1.35 bits per heavy atom. The van der Waals surface area contributed by atoms with Crippen LogP contribution in [-0.2, 0) is 5.41 Å². The van der Waals surface area contributed by atoms with Crippen LogP contribution in [0.2, 0.25) is 0 Å². The van der Waals surface area contributed by atoms with E-state index in [1.807, 2.05) is 23.1 Å². The molecule has 1 aliphatic carbocycles. The zero-order valence-corrected chi connectivity index (χ0v) is 10.4. The minimum absolute atomic E-state index is 0.00120. The highest BCUT2D eigenvalue weighted by Gasteiger charge is 2.43. The Labute approximate surface area is 102 Å². The Bertz CT molecular complexity index is 489. The Hall–Kier alpha value is -1.51. The lowest BCUT2D eigenvalue weighted by molar-refractivity contribution is 0.0674. The molecule has 1 aromatic rings. The minimum Gasteiger partial charge on any atom is -0.398 e. The van der Waals surface area contributed by atoms with Crippen molar-refractivity contribution in [2.75, 3.05) is 12.3 Å². The van der Waals surface area contributed by atoms with Crippen molar-refractivity contribution in [3.63, 3.8) is 0 Å². The van der Waals surface area contributed by atoms with Gasteiger partial charge in [0.15, 0.2) is 0 Å². The number of hydrogen-bond donors (Lipinski definition) is 1. The van der Waals surface area contributed by atoms with E-state index in [9.17, 15) is 4.79 Å². The lowest BCUT2D eigenvalue weighted by Crippen LogP contribution is -2.48. The fraction of sp³-hybridized carbons (Fsp3) is 0.500. The molecule has 0 aromatic heterocycles. The third kappa shape index (κ3) is 1.53. The molecule has 1 heterocycles. The number of hydrogen-bond acceptors (Lipinski definition) is 2. The van der Waals surface area contributed by atoms with Gasteiger partial charge in [-0.25, -0.2) is 0 Å². The summed E-state index contributed by atoms with van der Waals surface area (Å²) in [6.45, 7) is 5.19. The van der Waals surface area contributed by atoms with Gasteiger partial charge in [0.25, 0.3) is 5.91 Å². The van der Waals surface area contributed by atoms with Crippen LogP contribution in [-0.4, -0.2) is 23.4 Å². The first-order valence-electron chi connectivity index (χ1n) is 6.20. The van der Waals surface area contributed by atoms with Gasteiger partial charge in [0.1, 0.15) is 0 Å². The molecule has 0 spiro atoms. The van der Waals surface area contributed by atoms with E-state index in [4.69, 9.17) is 5.73 Å². The van der Waals surface area contributed by atoms with Gasteiger partial charge in [-0.2, -0.15) is 0 Å². The predicted octanol–water partition coefficient (Wildman–Crippen LogP) is 2.16. The van der Waals surface area contributed by atoms with Crippen LogP contribution >= 0.6 is 0 Å². The summed E-state index contributed by atoms with van der Waals surface area (Å²) in [5.41, 5.74) is 8.43. The van der Waals surface area contributed by atoms with E-state index in [2.05, 4.69) is 13.8 Å². The Morgan fingerprint density at radius 3 is 2.71 bits per heavy atom. The molecule has 0 unspecified atom stereocenters. The second kappa shape index (κ2) is 3.25. The van der Waals surface area contributed by atoms with Crippen molar-refractivity contribution in [2.45, 2.75) is 38.1 Å². The van der Waals surface area contributed by atoms with Crippen LogP contribution in [0, 0.1) is 0 Å². The summed E-state index contributed by atoms with van der Waals surface area (Å²) in [7, 11) is 0. The standard InChI is InChI=1S/C14H18N2O/c1-14(2)8-16(9-6-7-9)13(17)12-10(14)4-3-5-11(12)15/h3-5,9H,6-8,15H2,1-2H3. The fourth-order valence-corrected chi connectivity index (χ4v) is 2.78. The lowest BCUT2D eigenvalue weighted by atomic mass is 9.77. The maximum atomic E-state index is 12.5. The van der Waals surface area contributed by atoms with Gasteiger partial charge in [0, 0.05) is 23.7 Å². The van der Waals surface area contributed by atoms with Crippen LogP contribution in [0.25, 0.3) is 0 Å². The van der Waals surface area contributed by atoms with Gasteiger partial charge >= 0.3 is 0 Å². The molecule has 17 heavy (non-hydrogen) atoms. The number of rotatable bonds is 1. The van der Waals surface area contributed by atoms with E-state index < -0.39 is 0 Å². The highest BCUT2D eigenvalue weighted by Crippen LogP contribution is 2.40. The smallest absolute Gasteiger partial charge is 0.256 e. The van der Waals surface area contributed by atoms with E-state index in [1.165, 1.54) is 0 Å². The fourth-order valence-electron chi connectivity index (χ4n) is 2.78. The van der Waals surface area contributed by atoms with Crippen LogP contribution in [0.4, 0.5) is 5.69 Å². The molecule has 90 valence electrons. The van der Waals surface area contributed by atoms with Gasteiger partial charge in [-0.1, -0.05) is 26.0 Å². The van der Waals surface area contributed by atoms with Crippen LogP contribution in [0.1, 0.15) is 42.6 Å². The minimum atomic E-state index is 0.00120. The number of carbonyl (C=O) groups is 1. The molecule has 3 nitrogen and oxygen atoms in total. The molecule has 1 saturated carbocycles. The lowest BCUT2D eigenvalue weighted by Gasteiger charge is -2.40. The Balaban J connectivity index is 2.15. The van der Waals surface area contributed by atoms with Gasteiger partial charge in [-0.05, 0) is 24.5 Å². The Morgan fingerprint density at radius 2 is 2.06 bits per heavy atom. The van der Waals surface area contributed by atoms with Crippen LogP contribution in [0.3, 0.4) is 0 Å². The monoisotopic (exact) mass is 230 g/mol. The average molecular weight is 230 g/mol. The highest BCUT2D eigenvalue weighted by atomic mass is 16.2. The molecule has 2 aliphatic rings. The molecule has 3 rings (SSSR count). The number of amides is 1. The largest absolute Gasteiger partial charge is 0.398 e. The first kappa shape index (κ1) is 10.6. The molecule has 0 saturated heterocycles. The van der Waals surface area contributed by atoms with E-state index in [0.717, 1.165) is 30.5 Å². The topological polar surface area (TPSA) is 46.3 Å². The third-order valence-electron chi connectivity index (χ3n) is 3.85. The summed E-state index contributed by atoms with van der Waals surface area (Å²) in [6, 6.07) is 6.25. The van der Waals surface area contributed by atoms with Gasteiger partial charge < -0.3 is 10.6 Å². The third-order valence-corrected chi connectivity index (χ3v) is 3.85. The number of fused-ring (bicyclic) bond motifs is 1. The van der Waals surface area contributed by atoms with Gasteiger partial charge in [-0.15, -0.1) is 0 Å². The van der Waals surface area contributed by atoms with Crippen molar-refractivity contribution >= 4 is 11.6 Å². The molecule has 3 heteroatoms. The van der Waals surface area contributed by atoms with Crippen molar-refractivity contribution in [2.24, 2.45) is 0 Å². The molecule has 1 aliphatic heterocycles. The number of carbonyl (C=O) groups excluding carboxylic acids is 1. The average Bonchev–Trinajstić information content (AvgIpc) is 3.07. The number of nitrogen functional groups attached to an aromatic ring is 1. The molecule has 0 radical (unpaired) electrons. The molecule has 2 N–H and O–H groups in total. The first-order chi connectivity index (χ1) is 8.00. The quantitative estimate of drug-likeness (QED) is 0.751. The molecule has 0 bridgehead atoms. The molecule has 1 amide bonds. The zero-order chi connectivity index (χ0) is 12.2. The number of nitrogens with two attached hydrogens (primary N) is 1. The molecular weight excluding hydrogens is 212 g/mol. The maximum absolute atomic E-state index is 12.5. The van der Waals surface area contributed by atoms with Crippen molar-refractivity contribution in [1.29, 1.82) is 0 Å².